The van der Waals surface area contributed by atoms with Gasteiger partial charge in [-0.05, 0) is 13.0 Å². The Bertz CT molecular complexity index is 330. The predicted molar refractivity (Wildman–Crippen MR) is 61.5 cm³/mol. The third kappa shape index (κ3) is 3.58. The second-order valence-electron chi connectivity index (χ2n) is 3.48. The van der Waals surface area contributed by atoms with Crippen LogP contribution in [0.3, 0.4) is 0 Å². The van der Waals surface area contributed by atoms with Crippen LogP contribution in [0.1, 0.15) is 20.8 Å². The fourth-order valence-electron chi connectivity index (χ4n) is 0.950. The van der Waals surface area contributed by atoms with Gasteiger partial charge in [0.25, 0.3) is 0 Å². The van der Waals surface area contributed by atoms with Crippen LogP contribution >= 0.6 is 0 Å². The molecule has 0 aliphatic heterocycles. The SMILES string of the molecule is CCOc1ccc(N=C(N)C(C)C)cn1. The van der Waals surface area contributed by atoms with E-state index >= 15 is 0 Å². The first-order chi connectivity index (χ1) is 7.13. The number of pyridine rings is 1. The summed E-state index contributed by atoms with van der Waals surface area (Å²) in [6.45, 7) is 6.54. The molecule has 15 heavy (non-hydrogen) atoms. The molecular formula is C11H17N3O. The van der Waals surface area contributed by atoms with Crippen molar-refractivity contribution in [3.05, 3.63) is 18.3 Å². The molecule has 0 atom stereocenters. The molecule has 1 rings (SSSR count). The number of rotatable bonds is 4. The van der Waals surface area contributed by atoms with Crippen molar-refractivity contribution >= 4 is 11.5 Å². The number of ether oxygens (including phenoxy) is 1. The average molecular weight is 207 g/mol. The summed E-state index contributed by atoms with van der Waals surface area (Å²) in [6, 6.07) is 3.63. The zero-order valence-electron chi connectivity index (χ0n) is 9.40. The molecule has 0 fully saturated rings. The van der Waals surface area contributed by atoms with Crippen LogP contribution in [-0.4, -0.2) is 17.4 Å². The molecule has 1 aromatic rings. The minimum absolute atomic E-state index is 0.247. The Morgan fingerprint density at radius 1 is 1.53 bits per heavy atom. The molecule has 1 aromatic heterocycles. The highest BCUT2D eigenvalue weighted by Gasteiger charge is 2.00. The number of nitrogens with two attached hydrogens (primary N) is 1. The molecule has 0 aromatic carbocycles. The number of aromatic nitrogens is 1. The van der Waals surface area contributed by atoms with Gasteiger partial charge in [0.2, 0.25) is 5.88 Å². The van der Waals surface area contributed by atoms with Crippen LogP contribution in [0, 0.1) is 5.92 Å². The zero-order valence-corrected chi connectivity index (χ0v) is 9.40. The highest BCUT2D eigenvalue weighted by Crippen LogP contribution is 2.15. The third-order valence-corrected chi connectivity index (χ3v) is 1.86. The standard InChI is InChI=1S/C11H17N3O/c1-4-15-10-6-5-9(7-13-10)14-11(12)8(2)3/h5-8H,4H2,1-3H3,(H2,12,14). The van der Waals surface area contributed by atoms with Gasteiger partial charge in [-0.1, -0.05) is 13.8 Å². The Labute approximate surface area is 90.2 Å². The Hall–Kier alpha value is -1.58. The van der Waals surface area contributed by atoms with Crippen molar-refractivity contribution in [1.82, 2.24) is 4.98 Å². The summed E-state index contributed by atoms with van der Waals surface area (Å²) in [5.74, 6) is 1.47. The van der Waals surface area contributed by atoms with Gasteiger partial charge >= 0.3 is 0 Å². The van der Waals surface area contributed by atoms with Gasteiger partial charge in [-0.25, -0.2) is 9.98 Å². The Morgan fingerprint density at radius 2 is 2.27 bits per heavy atom. The monoisotopic (exact) mass is 207 g/mol. The van der Waals surface area contributed by atoms with E-state index in [2.05, 4.69) is 9.98 Å². The molecule has 4 heteroatoms. The minimum Gasteiger partial charge on any atom is -0.478 e. The summed E-state index contributed by atoms with van der Waals surface area (Å²) in [5, 5.41) is 0. The van der Waals surface area contributed by atoms with Gasteiger partial charge in [-0.3, -0.25) is 0 Å². The number of nitrogens with zero attached hydrogens (tertiary/aromatic N) is 2. The molecule has 0 saturated heterocycles. The van der Waals surface area contributed by atoms with E-state index in [1.807, 2.05) is 26.8 Å². The molecule has 0 aliphatic rings. The largest absolute Gasteiger partial charge is 0.478 e. The number of aliphatic imine (C=N–C) groups is 1. The van der Waals surface area contributed by atoms with Crippen molar-refractivity contribution in [2.45, 2.75) is 20.8 Å². The topological polar surface area (TPSA) is 60.5 Å². The second-order valence-corrected chi connectivity index (χ2v) is 3.48. The number of hydrogen-bond acceptors (Lipinski definition) is 3. The summed E-state index contributed by atoms with van der Waals surface area (Å²) in [4.78, 5) is 8.33. The first-order valence-corrected chi connectivity index (χ1v) is 5.06. The van der Waals surface area contributed by atoms with E-state index in [9.17, 15) is 0 Å². The maximum Gasteiger partial charge on any atom is 0.213 e. The van der Waals surface area contributed by atoms with E-state index in [4.69, 9.17) is 10.5 Å². The summed E-state index contributed by atoms with van der Waals surface area (Å²) in [7, 11) is 0. The molecule has 4 nitrogen and oxygen atoms in total. The van der Waals surface area contributed by atoms with Crippen LogP contribution in [0.5, 0.6) is 5.88 Å². The van der Waals surface area contributed by atoms with Crippen LogP contribution in [0.25, 0.3) is 0 Å². The molecular weight excluding hydrogens is 190 g/mol. The van der Waals surface area contributed by atoms with Crippen molar-refractivity contribution in [1.29, 1.82) is 0 Å². The van der Waals surface area contributed by atoms with E-state index < -0.39 is 0 Å². The molecule has 0 unspecified atom stereocenters. The lowest BCUT2D eigenvalue weighted by Gasteiger charge is -2.04. The summed E-state index contributed by atoms with van der Waals surface area (Å²) in [6.07, 6.45) is 1.65. The van der Waals surface area contributed by atoms with Crippen LogP contribution in [0.4, 0.5) is 5.69 Å². The van der Waals surface area contributed by atoms with Crippen molar-refractivity contribution in [3.63, 3.8) is 0 Å². The van der Waals surface area contributed by atoms with Gasteiger partial charge in [-0.2, -0.15) is 0 Å². The number of hydrogen-bond donors (Lipinski definition) is 1. The van der Waals surface area contributed by atoms with Gasteiger partial charge in [0.15, 0.2) is 0 Å². The Kier molecular flexibility index (Phi) is 4.09. The van der Waals surface area contributed by atoms with Gasteiger partial charge in [0.05, 0.1) is 18.5 Å². The molecule has 0 bridgehead atoms. The Balaban J connectivity index is 2.76. The molecule has 0 radical (unpaired) electrons. The lowest BCUT2D eigenvalue weighted by Crippen LogP contribution is -2.18. The van der Waals surface area contributed by atoms with Crippen molar-refractivity contribution < 1.29 is 4.74 Å². The molecule has 0 aliphatic carbocycles. The second kappa shape index (κ2) is 5.34. The molecule has 1 heterocycles. The zero-order chi connectivity index (χ0) is 11.3. The fourth-order valence-corrected chi connectivity index (χ4v) is 0.950. The lowest BCUT2D eigenvalue weighted by molar-refractivity contribution is 0.327. The van der Waals surface area contributed by atoms with E-state index in [-0.39, 0.29) is 5.92 Å². The normalized spacial score (nSPS) is 11.9. The van der Waals surface area contributed by atoms with Crippen LogP contribution in [0.15, 0.2) is 23.3 Å². The highest BCUT2D eigenvalue weighted by atomic mass is 16.5. The van der Waals surface area contributed by atoms with Crippen LogP contribution in [0.2, 0.25) is 0 Å². The van der Waals surface area contributed by atoms with E-state index in [1.54, 1.807) is 12.3 Å². The van der Waals surface area contributed by atoms with Gasteiger partial charge in [0.1, 0.15) is 5.84 Å². The molecule has 0 amide bonds. The van der Waals surface area contributed by atoms with E-state index in [1.165, 1.54) is 0 Å². The average Bonchev–Trinajstić information content (AvgIpc) is 2.21. The molecule has 0 spiro atoms. The molecule has 2 N–H and O–H groups in total. The van der Waals surface area contributed by atoms with Crippen molar-refractivity contribution in [2.24, 2.45) is 16.6 Å². The van der Waals surface area contributed by atoms with Crippen LogP contribution < -0.4 is 10.5 Å². The van der Waals surface area contributed by atoms with Gasteiger partial charge < -0.3 is 10.5 Å². The highest BCUT2D eigenvalue weighted by molar-refractivity contribution is 5.84. The Morgan fingerprint density at radius 3 is 2.73 bits per heavy atom. The molecule has 82 valence electrons. The fraction of sp³-hybridized carbons (Fsp3) is 0.455. The van der Waals surface area contributed by atoms with Crippen molar-refractivity contribution in [3.8, 4) is 5.88 Å². The lowest BCUT2D eigenvalue weighted by atomic mass is 10.2. The first-order valence-electron chi connectivity index (χ1n) is 5.06. The van der Waals surface area contributed by atoms with Gasteiger partial charge in [-0.15, -0.1) is 0 Å². The first kappa shape index (κ1) is 11.5. The van der Waals surface area contributed by atoms with E-state index in [0.717, 1.165) is 5.69 Å². The predicted octanol–water partition coefficient (Wildman–Crippen LogP) is 2.12. The van der Waals surface area contributed by atoms with Crippen LogP contribution in [-0.2, 0) is 0 Å². The maximum absolute atomic E-state index is 5.74. The maximum atomic E-state index is 5.74. The smallest absolute Gasteiger partial charge is 0.213 e. The van der Waals surface area contributed by atoms with Gasteiger partial charge in [0, 0.05) is 12.0 Å². The molecule has 0 saturated carbocycles. The summed E-state index contributed by atoms with van der Waals surface area (Å²) >= 11 is 0. The summed E-state index contributed by atoms with van der Waals surface area (Å²) in [5.41, 5.74) is 6.49. The number of amidine groups is 1. The van der Waals surface area contributed by atoms with E-state index in [0.29, 0.717) is 18.3 Å². The van der Waals surface area contributed by atoms with Crippen molar-refractivity contribution in [2.75, 3.05) is 6.61 Å². The quantitative estimate of drug-likeness (QED) is 0.607. The summed E-state index contributed by atoms with van der Waals surface area (Å²) < 4.78 is 5.22. The third-order valence-electron chi connectivity index (χ3n) is 1.86. The minimum atomic E-state index is 0.247.